The van der Waals surface area contributed by atoms with Crippen LogP contribution in [0.1, 0.15) is 43.8 Å². The average molecular weight is 330 g/mol. The summed E-state index contributed by atoms with van der Waals surface area (Å²) in [5.74, 6) is 0.431. The first-order valence-corrected chi connectivity index (χ1v) is 8.45. The van der Waals surface area contributed by atoms with E-state index in [1.165, 1.54) is 0 Å². The molecule has 0 aliphatic carbocycles. The number of unbranched alkanes of at least 4 members (excludes halogenated alkanes) is 1. The molecule has 2 heterocycles. The van der Waals surface area contributed by atoms with E-state index in [2.05, 4.69) is 5.32 Å². The van der Waals surface area contributed by atoms with Crippen LogP contribution in [0.15, 0.2) is 12.1 Å². The average Bonchev–Trinajstić information content (AvgIpc) is 2.51. The van der Waals surface area contributed by atoms with E-state index in [1.807, 2.05) is 12.1 Å². The molecule has 1 aromatic rings. The summed E-state index contributed by atoms with van der Waals surface area (Å²) in [6.07, 6.45) is 5.14. The normalized spacial score (nSPS) is 27.7. The number of hydrogen-bond acceptors (Lipinski definition) is 3. The monoisotopic (exact) mass is 329 g/mol. The van der Waals surface area contributed by atoms with Gasteiger partial charge in [0.1, 0.15) is 0 Å². The van der Waals surface area contributed by atoms with E-state index in [0.717, 1.165) is 55.0 Å². The lowest BCUT2D eigenvalue weighted by atomic mass is 9.78. The van der Waals surface area contributed by atoms with Crippen molar-refractivity contribution < 1.29 is 9.84 Å². The van der Waals surface area contributed by atoms with E-state index < -0.39 is 0 Å². The summed E-state index contributed by atoms with van der Waals surface area (Å²) in [5, 5.41) is 14.0. The van der Waals surface area contributed by atoms with Crippen molar-refractivity contribution in [3.63, 3.8) is 0 Å². The van der Waals surface area contributed by atoms with Crippen LogP contribution in [0.2, 0.25) is 10.0 Å². The number of hydrogen-bond donors (Lipinski definition) is 2. The van der Waals surface area contributed by atoms with Gasteiger partial charge in [0.05, 0.1) is 16.8 Å². The van der Waals surface area contributed by atoms with Crippen LogP contribution in [0.3, 0.4) is 0 Å². The van der Waals surface area contributed by atoms with Gasteiger partial charge < -0.3 is 15.2 Å². The van der Waals surface area contributed by atoms with E-state index in [0.29, 0.717) is 17.0 Å². The molecule has 0 amide bonds. The van der Waals surface area contributed by atoms with Gasteiger partial charge >= 0.3 is 0 Å². The van der Waals surface area contributed by atoms with Crippen molar-refractivity contribution in [3.8, 4) is 0 Å². The molecule has 0 radical (unpaired) electrons. The highest BCUT2D eigenvalue weighted by atomic mass is 35.5. The number of halogens is 2. The highest BCUT2D eigenvalue weighted by molar-refractivity contribution is 6.36. The Labute approximate surface area is 135 Å². The minimum atomic E-state index is 0.0420. The zero-order valence-electron chi connectivity index (χ0n) is 11.9. The van der Waals surface area contributed by atoms with Crippen LogP contribution in [0.4, 0.5) is 5.69 Å². The van der Waals surface area contributed by atoms with Gasteiger partial charge in [-0.2, -0.15) is 0 Å². The summed E-state index contributed by atoms with van der Waals surface area (Å²) in [4.78, 5) is 0. The maximum Gasteiger partial charge on any atom is 0.0907 e. The fourth-order valence-corrected chi connectivity index (χ4v) is 4.05. The Morgan fingerprint density at radius 2 is 2.05 bits per heavy atom. The molecule has 0 unspecified atom stereocenters. The van der Waals surface area contributed by atoms with Crippen molar-refractivity contribution in [3.05, 3.63) is 27.7 Å². The fraction of sp³-hybridized carbons (Fsp3) is 0.625. The van der Waals surface area contributed by atoms with Crippen LogP contribution in [-0.4, -0.2) is 24.4 Å². The molecule has 0 spiro atoms. The topological polar surface area (TPSA) is 41.5 Å². The first kappa shape index (κ1) is 15.4. The van der Waals surface area contributed by atoms with Gasteiger partial charge in [-0.3, -0.25) is 0 Å². The van der Waals surface area contributed by atoms with Crippen molar-refractivity contribution in [2.75, 3.05) is 18.5 Å². The van der Waals surface area contributed by atoms with Gasteiger partial charge in [0.25, 0.3) is 0 Å². The van der Waals surface area contributed by atoms with E-state index in [1.54, 1.807) is 0 Å². The predicted octanol–water partition coefficient (Wildman–Crippen LogP) is 4.42. The summed E-state index contributed by atoms with van der Waals surface area (Å²) < 4.78 is 6.05. The molecule has 0 bridgehead atoms. The van der Waals surface area contributed by atoms with Gasteiger partial charge in [-0.15, -0.1) is 0 Å². The standard InChI is InChI=1S/C16H21Cl2NO2/c17-11-6-7-12(18)15-14(11)16-10(4-3-9-21-16)13(19-15)5-1-2-8-20/h6-7,10,13,16,19-20H,1-5,8-9H2/t10-,13+,16-/m1/s1. The summed E-state index contributed by atoms with van der Waals surface area (Å²) >= 11 is 12.8. The molecule has 2 aliphatic heterocycles. The van der Waals surface area contributed by atoms with Gasteiger partial charge in [-0.05, 0) is 44.2 Å². The van der Waals surface area contributed by atoms with Crippen LogP contribution in [0.25, 0.3) is 0 Å². The number of anilines is 1. The highest BCUT2D eigenvalue weighted by Gasteiger charge is 2.40. The Bertz CT molecular complexity index is 509. The second-order valence-corrected chi connectivity index (χ2v) is 6.70. The van der Waals surface area contributed by atoms with Crippen molar-refractivity contribution in [2.45, 2.75) is 44.2 Å². The molecule has 0 aromatic heterocycles. The number of rotatable bonds is 4. The third kappa shape index (κ3) is 3.02. The molecule has 3 rings (SSSR count). The van der Waals surface area contributed by atoms with E-state index in [9.17, 15) is 0 Å². The van der Waals surface area contributed by atoms with Gasteiger partial charge in [0.15, 0.2) is 0 Å². The molecule has 1 aromatic carbocycles. The second kappa shape index (κ2) is 6.74. The lowest BCUT2D eigenvalue weighted by molar-refractivity contribution is -0.0386. The number of benzene rings is 1. The molecular weight excluding hydrogens is 309 g/mol. The van der Waals surface area contributed by atoms with E-state index >= 15 is 0 Å². The van der Waals surface area contributed by atoms with Crippen LogP contribution < -0.4 is 5.32 Å². The molecule has 1 fully saturated rings. The number of fused-ring (bicyclic) bond motifs is 3. The fourth-order valence-electron chi connectivity index (χ4n) is 3.56. The third-order valence-corrected chi connectivity index (χ3v) is 5.21. The molecule has 2 N–H and O–H groups in total. The largest absolute Gasteiger partial charge is 0.396 e. The Kier molecular flexibility index (Phi) is 4.95. The quantitative estimate of drug-likeness (QED) is 0.803. The third-order valence-electron chi connectivity index (χ3n) is 4.56. The lowest BCUT2D eigenvalue weighted by Gasteiger charge is -2.44. The molecule has 116 valence electrons. The number of ether oxygens (including phenoxy) is 1. The molecular formula is C16H21Cl2NO2. The molecule has 3 atom stereocenters. The lowest BCUT2D eigenvalue weighted by Crippen LogP contribution is -2.41. The summed E-state index contributed by atoms with van der Waals surface area (Å²) in [6.45, 7) is 1.04. The highest BCUT2D eigenvalue weighted by Crippen LogP contribution is 2.49. The van der Waals surface area contributed by atoms with Crippen LogP contribution in [-0.2, 0) is 4.74 Å². The Hall–Kier alpha value is -0.480. The van der Waals surface area contributed by atoms with Gasteiger partial charge in [0, 0.05) is 35.8 Å². The molecule has 21 heavy (non-hydrogen) atoms. The number of nitrogens with one attached hydrogen (secondary N) is 1. The smallest absolute Gasteiger partial charge is 0.0907 e. The molecule has 5 heteroatoms. The maximum atomic E-state index is 8.98. The predicted molar refractivity (Wildman–Crippen MR) is 86.2 cm³/mol. The van der Waals surface area contributed by atoms with Gasteiger partial charge in [0.2, 0.25) is 0 Å². The second-order valence-electron chi connectivity index (χ2n) is 5.89. The maximum absolute atomic E-state index is 8.98. The minimum absolute atomic E-state index is 0.0420. The van der Waals surface area contributed by atoms with Gasteiger partial charge in [-0.25, -0.2) is 0 Å². The van der Waals surface area contributed by atoms with Crippen LogP contribution in [0, 0.1) is 5.92 Å². The first-order chi connectivity index (χ1) is 10.2. The zero-order chi connectivity index (χ0) is 14.8. The Morgan fingerprint density at radius 1 is 1.24 bits per heavy atom. The molecule has 0 saturated carbocycles. The van der Waals surface area contributed by atoms with Crippen molar-refractivity contribution in [2.24, 2.45) is 5.92 Å². The van der Waals surface area contributed by atoms with Crippen molar-refractivity contribution in [1.82, 2.24) is 0 Å². The summed E-state index contributed by atoms with van der Waals surface area (Å²) in [6, 6.07) is 4.03. The van der Waals surface area contributed by atoms with Gasteiger partial charge in [-0.1, -0.05) is 23.2 Å². The Balaban J connectivity index is 1.91. The molecule has 1 saturated heterocycles. The van der Waals surface area contributed by atoms with Crippen molar-refractivity contribution in [1.29, 1.82) is 0 Å². The first-order valence-electron chi connectivity index (χ1n) is 7.69. The SMILES string of the molecule is OCCCC[C@@H]1Nc2c(Cl)ccc(Cl)c2[C@@H]2OCCC[C@H]12. The zero-order valence-corrected chi connectivity index (χ0v) is 13.5. The van der Waals surface area contributed by atoms with E-state index in [4.69, 9.17) is 33.0 Å². The summed E-state index contributed by atoms with van der Waals surface area (Å²) in [7, 11) is 0. The number of aliphatic hydroxyl groups excluding tert-OH is 1. The summed E-state index contributed by atoms with van der Waals surface area (Å²) in [5.41, 5.74) is 1.95. The number of aliphatic hydroxyl groups is 1. The van der Waals surface area contributed by atoms with Crippen molar-refractivity contribution >= 4 is 28.9 Å². The van der Waals surface area contributed by atoms with Crippen LogP contribution >= 0.6 is 23.2 Å². The Morgan fingerprint density at radius 3 is 2.86 bits per heavy atom. The molecule has 2 aliphatic rings. The minimum Gasteiger partial charge on any atom is -0.396 e. The molecule has 3 nitrogen and oxygen atoms in total. The van der Waals surface area contributed by atoms with Crippen LogP contribution in [0.5, 0.6) is 0 Å². The van der Waals surface area contributed by atoms with E-state index in [-0.39, 0.29) is 12.7 Å².